The molecule has 0 saturated carbocycles. The van der Waals surface area contributed by atoms with Gasteiger partial charge in [0.05, 0.1) is 5.56 Å². The molecule has 1 aliphatic rings. The van der Waals surface area contributed by atoms with Crippen LogP contribution in [-0.2, 0) is 6.42 Å². The van der Waals surface area contributed by atoms with Crippen LogP contribution < -0.4 is 4.74 Å². The third kappa shape index (κ3) is 1.25. The van der Waals surface area contributed by atoms with Crippen LogP contribution in [0, 0.1) is 6.92 Å². The van der Waals surface area contributed by atoms with Crippen molar-refractivity contribution in [3.05, 3.63) is 28.8 Å². The number of carboxylic acid groups (broad SMARTS) is 1. The molecule has 0 spiro atoms. The fraction of sp³-hybridized carbons (Fsp3) is 0.364. The Kier molecular flexibility index (Phi) is 1.95. The summed E-state index contributed by atoms with van der Waals surface area (Å²) < 4.78 is 5.53. The molecule has 1 unspecified atom stereocenters. The standard InChI is InChI=1S/C11H12O3/c1-6-5-9-7(2)8(11(12)13)3-4-10(9)14-6/h3-4,6H,5H2,1-2H3,(H,12,13). The Labute approximate surface area is 82.3 Å². The first-order valence-corrected chi connectivity index (χ1v) is 4.62. The molecular formula is C11H12O3. The first kappa shape index (κ1) is 9.06. The van der Waals surface area contributed by atoms with Gasteiger partial charge in [-0.2, -0.15) is 0 Å². The van der Waals surface area contributed by atoms with Crippen molar-refractivity contribution in [2.75, 3.05) is 0 Å². The molecule has 74 valence electrons. The van der Waals surface area contributed by atoms with E-state index in [0.717, 1.165) is 23.3 Å². The minimum atomic E-state index is -0.871. The highest BCUT2D eigenvalue weighted by Crippen LogP contribution is 2.32. The minimum Gasteiger partial charge on any atom is -0.490 e. The first-order valence-electron chi connectivity index (χ1n) is 4.62. The van der Waals surface area contributed by atoms with Gasteiger partial charge in [-0.15, -0.1) is 0 Å². The van der Waals surface area contributed by atoms with E-state index in [2.05, 4.69) is 0 Å². The molecule has 1 atom stereocenters. The van der Waals surface area contributed by atoms with Crippen molar-refractivity contribution in [2.24, 2.45) is 0 Å². The van der Waals surface area contributed by atoms with Crippen LogP contribution in [0.25, 0.3) is 0 Å². The third-order valence-electron chi connectivity index (χ3n) is 2.61. The second kappa shape index (κ2) is 3.01. The van der Waals surface area contributed by atoms with E-state index in [-0.39, 0.29) is 6.10 Å². The fourth-order valence-corrected chi connectivity index (χ4v) is 1.87. The van der Waals surface area contributed by atoms with E-state index < -0.39 is 5.97 Å². The second-order valence-corrected chi connectivity index (χ2v) is 3.65. The second-order valence-electron chi connectivity index (χ2n) is 3.65. The largest absolute Gasteiger partial charge is 0.490 e. The van der Waals surface area contributed by atoms with Gasteiger partial charge in [-0.3, -0.25) is 0 Å². The van der Waals surface area contributed by atoms with Crippen molar-refractivity contribution >= 4 is 5.97 Å². The Balaban J connectivity index is 2.53. The summed E-state index contributed by atoms with van der Waals surface area (Å²) in [6, 6.07) is 3.35. The van der Waals surface area contributed by atoms with Gasteiger partial charge in [0, 0.05) is 12.0 Å². The molecule has 0 aliphatic carbocycles. The molecule has 0 radical (unpaired) electrons. The normalized spacial score (nSPS) is 18.9. The van der Waals surface area contributed by atoms with Gasteiger partial charge in [0.2, 0.25) is 0 Å². The number of carbonyl (C=O) groups is 1. The Morgan fingerprint density at radius 2 is 2.29 bits per heavy atom. The van der Waals surface area contributed by atoms with E-state index in [9.17, 15) is 4.79 Å². The number of ether oxygens (including phenoxy) is 1. The van der Waals surface area contributed by atoms with Crippen molar-refractivity contribution in [3.63, 3.8) is 0 Å². The molecule has 0 amide bonds. The predicted molar refractivity (Wildman–Crippen MR) is 51.9 cm³/mol. The highest BCUT2D eigenvalue weighted by Gasteiger charge is 2.23. The maximum atomic E-state index is 10.9. The predicted octanol–water partition coefficient (Wildman–Crippen LogP) is 2.02. The lowest BCUT2D eigenvalue weighted by molar-refractivity contribution is 0.0696. The van der Waals surface area contributed by atoms with Gasteiger partial charge in [0.25, 0.3) is 0 Å². The molecule has 0 bridgehead atoms. The highest BCUT2D eigenvalue weighted by molar-refractivity contribution is 5.90. The zero-order valence-corrected chi connectivity index (χ0v) is 8.20. The number of aromatic carboxylic acids is 1. The zero-order chi connectivity index (χ0) is 10.3. The molecular weight excluding hydrogens is 180 g/mol. The zero-order valence-electron chi connectivity index (χ0n) is 8.20. The summed E-state index contributed by atoms with van der Waals surface area (Å²) >= 11 is 0. The average molecular weight is 192 g/mol. The van der Waals surface area contributed by atoms with Crippen LogP contribution in [0.2, 0.25) is 0 Å². The van der Waals surface area contributed by atoms with E-state index in [4.69, 9.17) is 9.84 Å². The Morgan fingerprint density at radius 1 is 1.57 bits per heavy atom. The molecule has 3 heteroatoms. The lowest BCUT2D eigenvalue weighted by Gasteiger charge is -2.05. The summed E-state index contributed by atoms with van der Waals surface area (Å²) in [6.45, 7) is 3.82. The van der Waals surface area contributed by atoms with Crippen molar-refractivity contribution in [1.82, 2.24) is 0 Å². The first-order chi connectivity index (χ1) is 6.59. The minimum absolute atomic E-state index is 0.160. The van der Waals surface area contributed by atoms with Crippen molar-refractivity contribution < 1.29 is 14.6 Å². The van der Waals surface area contributed by atoms with Crippen LogP contribution >= 0.6 is 0 Å². The number of hydrogen-bond donors (Lipinski definition) is 1. The molecule has 1 aromatic carbocycles. The summed E-state index contributed by atoms with van der Waals surface area (Å²) in [5.41, 5.74) is 2.25. The smallest absolute Gasteiger partial charge is 0.335 e. The van der Waals surface area contributed by atoms with Crippen molar-refractivity contribution in [2.45, 2.75) is 26.4 Å². The lowest BCUT2D eigenvalue weighted by atomic mass is 9.99. The molecule has 2 rings (SSSR count). The Hall–Kier alpha value is -1.51. The van der Waals surface area contributed by atoms with Gasteiger partial charge in [-0.1, -0.05) is 0 Å². The van der Waals surface area contributed by atoms with E-state index in [1.54, 1.807) is 12.1 Å². The fourth-order valence-electron chi connectivity index (χ4n) is 1.87. The van der Waals surface area contributed by atoms with Gasteiger partial charge in [-0.25, -0.2) is 4.79 Å². The monoisotopic (exact) mass is 192 g/mol. The topological polar surface area (TPSA) is 46.5 Å². The molecule has 1 heterocycles. The van der Waals surface area contributed by atoms with E-state index >= 15 is 0 Å². The molecule has 0 saturated heterocycles. The van der Waals surface area contributed by atoms with Crippen LogP contribution in [-0.4, -0.2) is 17.2 Å². The lowest BCUT2D eigenvalue weighted by Crippen LogP contribution is -2.05. The maximum absolute atomic E-state index is 10.9. The summed E-state index contributed by atoms with van der Waals surface area (Å²) in [5, 5.41) is 8.92. The molecule has 3 nitrogen and oxygen atoms in total. The van der Waals surface area contributed by atoms with Crippen molar-refractivity contribution in [3.8, 4) is 5.75 Å². The third-order valence-corrected chi connectivity index (χ3v) is 2.61. The SMILES string of the molecule is Cc1c(C(=O)O)ccc2c1CC(C)O2. The highest BCUT2D eigenvalue weighted by atomic mass is 16.5. The maximum Gasteiger partial charge on any atom is 0.335 e. The Morgan fingerprint density at radius 3 is 2.93 bits per heavy atom. The van der Waals surface area contributed by atoms with Gasteiger partial charge < -0.3 is 9.84 Å². The number of hydrogen-bond acceptors (Lipinski definition) is 2. The van der Waals surface area contributed by atoms with Crippen LogP contribution in [0.5, 0.6) is 5.75 Å². The van der Waals surface area contributed by atoms with Gasteiger partial charge in [-0.05, 0) is 31.5 Å². The number of carboxylic acids is 1. The molecule has 1 N–H and O–H groups in total. The van der Waals surface area contributed by atoms with E-state index in [1.807, 2.05) is 13.8 Å². The summed E-state index contributed by atoms with van der Waals surface area (Å²) in [5.74, 6) is -0.0372. The summed E-state index contributed by atoms with van der Waals surface area (Å²) in [6.07, 6.45) is 0.968. The van der Waals surface area contributed by atoms with Crippen LogP contribution in [0.1, 0.15) is 28.4 Å². The summed E-state index contributed by atoms with van der Waals surface area (Å²) in [4.78, 5) is 10.9. The molecule has 0 aromatic heterocycles. The average Bonchev–Trinajstić information content (AvgIpc) is 2.46. The number of rotatable bonds is 1. The van der Waals surface area contributed by atoms with Crippen molar-refractivity contribution in [1.29, 1.82) is 0 Å². The Bertz CT molecular complexity index is 396. The van der Waals surface area contributed by atoms with Gasteiger partial charge in [0.1, 0.15) is 11.9 Å². The molecule has 0 fully saturated rings. The van der Waals surface area contributed by atoms with Crippen LogP contribution in [0.15, 0.2) is 12.1 Å². The van der Waals surface area contributed by atoms with E-state index in [1.165, 1.54) is 0 Å². The number of fused-ring (bicyclic) bond motifs is 1. The summed E-state index contributed by atoms with van der Waals surface area (Å²) in [7, 11) is 0. The van der Waals surface area contributed by atoms with Crippen LogP contribution in [0.3, 0.4) is 0 Å². The number of benzene rings is 1. The molecule has 1 aliphatic heterocycles. The quantitative estimate of drug-likeness (QED) is 0.740. The van der Waals surface area contributed by atoms with Gasteiger partial charge in [0.15, 0.2) is 0 Å². The molecule has 14 heavy (non-hydrogen) atoms. The van der Waals surface area contributed by atoms with E-state index in [0.29, 0.717) is 5.56 Å². The van der Waals surface area contributed by atoms with Crippen LogP contribution in [0.4, 0.5) is 0 Å². The molecule has 1 aromatic rings. The van der Waals surface area contributed by atoms with Gasteiger partial charge >= 0.3 is 5.97 Å².